The molecule has 0 atom stereocenters. The van der Waals surface area contributed by atoms with Gasteiger partial charge in [0.15, 0.2) is 5.65 Å². The van der Waals surface area contributed by atoms with Crippen molar-refractivity contribution in [1.29, 1.82) is 0 Å². The molecule has 2 heterocycles. The predicted octanol–water partition coefficient (Wildman–Crippen LogP) is 1.70. The molecule has 0 bridgehead atoms. The zero-order valence-electron chi connectivity index (χ0n) is 14.8. The Bertz CT molecular complexity index is 1040. The molecule has 3 aromatic rings. The largest absolute Gasteiger partial charge is 0.354 e. The zero-order valence-corrected chi connectivity index (χ0v) is 14.8. The van der Waals surface area contributed by atoms with E-state index in [2.05, 4.69) is 15.4 Å². The van der Waals surface area contributed by atoms with Crippen LogP contribution in [0.4, 0.5) is 4.39 Å². The number of hydrogen-bond donors (Lipinski definition) is 1. The molecule has 1 aliphatic rings. The van der Waals surface area contributed by atoms with Gasteiger partial charge in [0.1, 0.15) is 17.5 Å². The van der Waals surface area contributed by atoms with Crippen molar-refractivity contribution in [3.8, 4) is 0 Å². The number of aromatic nitrogens is 4. The molecular formula is C19H20FN5O2. The lowest BCUT2D eigenvalue weighted by molar-refractivity contribution is -0.127. The van der Waals surface area contributed by atoms with Crippen molar-refractivity contribution < 1.29 is 9.18 Å². The topological polar surface area (TPSA) is 81.8 Å². The van der Waals surface area contributed by atoms with Gasteiger partial charge < -0.3 is 5.32 Å². The summed E-state index contributed by atoms with van der Waals surface area (Å²) < 4.78 is 16.4. The minimum atomic E-state index is -0.341. The van der Waals surface area contributed by atoms with E-state index < -0.39 is 0 Å². The van der Waals surface area contributed by atoms with Crippen LogP contribution < -0.4 is 10.9 Å². The van der Waals surface area contributed by atoms with Crippen LogP contribution in [-0.2, 0) is 17.9 Å². The predicted molar refractivity (Wildman–Crippen MR) is 97.6 cm³/mol. The van der Waals surface area contributed by atoms with Crippen LogP contribution in [-0.4, -0.2) is 31.8 Å². The standard InChI is InChI=1S/C19H20FN5O2/c20-15-6-1-3-13(9-15)11-24-12-22-17-16(19(24)27)10-23-25(17)8-7-21-18(26)14-4-2-5-14/h1,3,6,9-10,12,14H,2,4-5,7-8,11H2,(H,21,26). The number of carbonyl (C=O) groups is 1. The summed E-state index contributed by atoms with van der Waals surface area (Å²) in [4.78, 5) is 28.9. The second-order valence-corrected chi connectivity index (χ2v) is 6.83. The molecule has 0 spiro atoms. The van der Waals surface area contributed by atoms with Crippen molar-refractivity contribution in [3.63, 3.8) is 0 Å². The maximum Gasteiger partial charge on any atom is 0.264 e. The summed E-state index contributed by atoms with van der Waals surface area (Å²) in [5.74, 6) is -0.109. The molecule has 1 N–H and O–H groups in total. The van der Waals surface area contributed by atoms with Crippen LogP contribution in [0.25, 0.3) is 11.0 Å². The molecule has 0 radical (unpaired) electrons. The fourth-order valence-electron chi connectivity index (χ4n) is 3.21. The quantitative estimate of drug-likeness (QED) is 0.717. The highest BCUT2D eigenvalue weighted by molar-refractivity contribution is 5.79. The number of rotatable bonds is 6. The van der Waals surface area contributed by atoms with E-state index >= 15 is 0 Å². The molecule has 8 heteroatoms. The molecule has 4 rings (SSSR count). The van der Waals surface area contributed by atoms with Crippen molar-refractivity contribution in [2.75, 3.05) is 6.54 Å². The average molecular weight is 369 g/mol. The Morgan fingerprint density at radius 1 is 1.33 bits per heavy atom. The van der Waals surface area contributed by atoms with Crippen molar-refractivity contribution in [2.45, 2.75) is 32.4 Å². The number of benzene rings is 1. The van der Waals surface area contributed by atoms with Gasteiger partial charge in [0.2, 0.25) is 5.91 Å². The molecule has 2 aromatic heterocycles. The molecule has 1 fully saturated rings. The first-order chi connectivity index (χ1) is 13.1. The molecular weight excluding hydrogens is 349 g/mol. The second-order valence-electron chi connectivity index (χ2n) is 6.83. The van der Waals surface area contributed by atoms with Crippen LogP contribution in [0.3, 0.4) is 0 Å². The number of carbonyl (C=O) groups excluding carboxylic acids is 1. The molecule has 0 aliphatic heterocycles. The van der Waals surface area contributed by atoms with Crippen LogP contribution in [0.1, 0.15) is 24.8 Å². The van der Waals surface area contributed by atoms with Crippen LogP contribution in [0.5, 0.6) is 0 Å². The summed E-state index contributed by atoms with van der Waals surface area (Å²) in [6, 6.07) is 6.12. The Balaban J connectivity index is 1.47. The third kappa shape index (κ3) is 3.60. The highest BCUT2D eigenvalue weighted by atomic mass is 19.1. The third-order valence-electron chi connectivity index (χ3n) is 4.96. The summed E-state index contributed by atoms with van der Waals surface area (Å²) in [6.07, 6.45) is 5.97. The lowest BCUT2D eigenvalue weighted by Gasteiger charge is -2.23. The molecule has 0 saturated heterocycles. The summed E-state index contributed by atoms with van der Waals surface area (Å²) >= 11 is 0. The van der Waals surface area contributed by atoms with Crippen LogP contribution in [0, 0.1) is 11.7 Å². The number of nitrogens with one attached hydrogen (secondary N) is 1. The van der Waals surface area contributed by atoms with Gasteiger partial charge in [-0.1, -0.05) is 18.6 Å². The lowest BCUT2D eigenvalue weighted by Crippen LogP contribution is -2.36. The normalized spacial score (nSPS) is 14.3. The van der Waals surface area contributed by atoms with Crippen molar-refractivity contribution >= 4 is 16.9 Å². The molecule has 140 valence electrons. The van der Waals surface area contributed by atoms with Gasteiger partial charge in [0.25, 0.3) is 5.56 Å². The van der Waals surface area contributed by atoms with Crippen molar-refractivity contribution in [1.82, 2.24) is 24.6 Å². The number of fused-ring (bicyclic) bond motifs is 1. The van der Waals surface area contributed by atoms with Crippen LogP contribution >= 0.6 is 0 Å². The maximum atomic E-state index is 13.3. The Hall–Kier alpha value is -3.03. The van der Waals surface area contributed by atoms with E-state index in [4.69, 9.17) is 0 Å². The Morgan fingerprint density at radius 3 is 2.93 bits per heavy atom. The van der Waals surface area contributed by atoms with Crippen LogP contribution in [0.2, 0.25) is 0 Å². The average Bonchev–Trinajstić information content (AvgIpc) is 3.00. The number of nitrogens with zero attached hydrogens (tertiary/aromatic N) is 4. The van der Waals surface area contributed by atoms with E-state index in [0.717, 1.165) is 19.3 Å². The van der Waals surface area contributed by atoms with Gasteiger partial charge in [0, 0.05) is 12.5 Å². The molecule has 1 saturated carbocycles. The van der Waals surface area contributed by atoms with Crippen molar-refractivity contribution in [2.24, 2.45) is 5.92 Å². The summed E-state index contributed by atoms with van der Waals surface area (Å²) in [5.41, 5.74) is 0.937. The smallest absolute Gasteiger partial charge is 0.264 e. The highest BCUT2D eigenvalue weighted by Crippen LogP contribution is 2.26. The zero-order chi connectivity index (χ0) is 18.8. The van der Waals surface area contributed by atoms with Gasteiger partial charge >= 0.3 is 0 Å². The summed E-state index contributed by atoms with van der Waals surface area (Å²) in [6.45, 7) is 1.13. The minimum Gasteiger partial charge on any atom is -0.354 e. The molecule has 1 aliphatic carbocycles. The first-order valence-corrected chi connectivity index (χ1v) is 9.05. The second kappa shape index (κ2) is 7.30. The van der Waals surface area contributed by atoms with Gasteiger partial charge in [-0.2, -0.15) is 5.10 Å². The first-order valence-electron chi connectivity index (χ1n) is 9.05. The van der Waals surface area contributed by atoms with Gasteiger partial charge in [-0.3, -0.25) is 14.2 Å². The number of hydrogen-bond acceptors (Lipinski definition) is 4. The SMILES string of the molecule is O=C(NCCn1ncc2c(=O)n(Cc3cccc(F)c3)cnc21)C1CCC1. The van der Waals surface area contributed by atoms with E-state index in [1.54, 1.807) is 16.8 Å². The van der Waals surface area contributed by atoms with E-state index in [1.165, 1.54) is 29.2 Å². The number of amides is 1. The molecule has 27 heavy (non-hydrogen) atoms. The Kier molecular flexibility index (Phi) is 4.70. The van der Waals surface area contributed by atoms with Gasteiger partial charge in [-0.25, -0.2) is 14.1 Å². The fourth-order valence-corrected chi connectivity index (χ4v) is 3.21. The summed E-state index contributed by atoms with van der Waals surface area (Å²) in [7, 11) is 0. The molecule has 7 nitrogen and oxygen atoms in total. The van der Waals surface area contributed by atoms with E-state index in [0.29, 0.717) is 29.7 Å². The summed E-state index contributed by atoms with van der Waals surface area (Å²) in [5, 5.41) is 7.53. The van der Waals surface area contributed by atoms with Gasteiger partial charge in [-0.05, 0) is 30.5 Å². The Morgan fingerprint density at radius 2 is 2.19 bits per heavy atom. The monoisotopic (exact) mass is 369 g/mol. The molecule has 1 aromatic carbocycles. The van der Waals surface area contributed by atoms with E-state index in [-0.39, 0.29) is 29.7 Å². The Labute approximate surface area is 154 Å². The lowest BCUT2D eigenvalue weighted by atomic mass is 9.85. The first kappa shape index (κ1) is 17.4. The van der Waals surface area contributed by atoms with E-state index in [1.807, 2.05) is 0 Å². The van der Waals surface area contributed by atoms with Gasteiger partial charge in [-0.15, -0.1) is 0 Å². The molecule has 1 amide bonds. The maximum absolute atomic E-state index is 13.3. The fraction of sp³-hybridized carbons (Fsp3) is 0.368. The van der Waals surface area contributed by atoms with E-state index in [9.17, 15) is 14.0 Å². The minimum absolute atomic E-state index is 0.0862. The number of halogens is 1. The van der Waals surface area contributed by atoms with Gasteiger partial charge in [0.05, 0.1) is 19.3 Å². The highest BCUT2D eigenvalue weighted by Gasteiger charge is 2.24. The van der Waals surface area contributed by atoms with Crippen LogP contribution in [0.15, 0.2) is 41.6 Å². The van der Waals surface area contributed by atoms with Crippen molar-refractivity contribution in [3.05, 3.63) is 58.5 Å². The third-order valence-corrected chi connectivity index (χ3v) is 4.96. The molecule has 0 unspecified atom stereocenters.